The smallest absolute Gasteiger partial charge is 0.272 e. The van der Waals surface area contributed by atoms with Gasteiger partial charge in [0.05, 0.1) is 17.3 Å². The molecule has 0 aliphatic rings. The number of amides is 2. The fraction of sp³-hybridized carbons (Fsp3) is 0.0938. The van der Waals surface area contributed by atoms with E-state index in [1.165, 1.54) is 36.0 Å². The van der Waals surface area contributed by atoms with Gasteiger partial charge in [-0.05, 0) is 61.0 Å². The third-order valence-electron chi connectivity index (χ3n) is 5.87. The van der Waals surface area contributed by atoms with Crippen LogP contribution in [0, 0.1) is 10.1 Å². The first-order chi connectivity index (χ1) is 20.3. The van der Waals surface area contributed by atoms with E-state index >= 15 is 0 Å². The lowest BCUT2D eigenvalue weighted by Gasteiger charge is -2.12. The lowest BCUT2D eigenvalue weighted by atomic mass is 10.1. The van der Waals surface area contributed by atoms with E-state index < -0.39 is 16.7 Å². The summed E-state index contributed by atoms with van der Waals surface area (Å²) >= 11 is 1.24. The Kier molecular flexibility index (Phi) is 10.2. The number of nitrogens with one attached hydrogen (secondary N) is 2. The zero-order valence-electron chi connectivity index (χ0n) is 22.6. The molecule has 0 bridgehead atoms. The summed E-state index contributed by atoms with van der Waals surface area (Å²) in [7, 11) is 0. The van der Waals surface area contributed by atoms with E-state index in [4.69, 9.17) is 4.74 Å². The molecule has 0 atom stereocenters. The zero-order valence-corrected chi connectivity index (χ0v) is 23.4. The molecule has 2 amide bonds. The average molecular weight is 582 g/mol. The van der Waals surface area contributed by atoms with Crippen molar-refractivity contribution in [3.63, 3.8) is 0 Å². The van der Waals surface area contributed by atoms with Crippen molar-refractivity contribution in [1.29, 1.82) is 0 Å². The number of nitrogens with zero attached hydrogens (tertiary/aromatic N) is 1. The number of thioether (sulfide) groups is 1. The van der Waals surface area contributed by atoms with Crippen molar-refractivity contribution in [2.24, 2.45) is 0 Å². The Labute approximate surface area is 246 Å². The van der Waals surface area contributed by atoms with E-state index in [1.807, 2.05) is 6.92 Å². The second-order valence-corrected chi connectivity index (χ2v) is 9.93. The first-order valence-corrected chi connectivity index (χ1v) is 13.9. The van der Waals surface area contributed by atoms with Crippen LogP contribution in [-0.4, -0.2) is 34.9 Å². The van der Waals surface area contributed by atoms with Crippen LogP contribution >= 0.6 is 11.8 Å². The van der Waals surface area contributed by atoms with Crippen molar-refractivity contribution >= 4 is 46.8 Å². The number of carbonyl (C=O) groups is 3. The molecule has 9 nitrogen and oxygen atoms in total. The number of ether oxygens (including phenoxy) is 1. The number of hydrogen-bond donors (Lipinski definition) is 2. The van der Waals surface area contributed by atoms with Gasteiger partial charge in [0, 0.05) is 33.8 Å². The van der Waals surface area contributed by atoms with E-state index in [0.717, 1.165) is 0 Å². The van der Waals surface area contributed by atoms with Gasteiger partial charge in [-0.25, -0.2) is 0 Å². The third kappa shape index (κ3) is 8.39. The number of rotatable bonds is 12. The number of ketones is 1. The number of Topliss-reactive ketones (excluding diaryl/α,β-unsaturated/α-hetero) is 1. The highest BCUT2D eigenvalue weighted by atomic mass is 32.2. The van der Waals surface area contributed by atoms with Crippen LogP contribution in [0.15, 0.2) is 114 Å². The third-order valence-corrected chi connectivity index (χ3v) is 6.87. The normalized spacial score (nSPS) is 10.9. The number of hydrogen-bond acceptors (Lipinski definition) is 7. The average Bonchev–Trinajstić information content (AvgIpc) is 3.01. The van der Waals surface area contributed by atoms with Gasteiger partial charge in [0.15, 0.2) is 5.78 Å². The van der Waals surface area contributed by atoms with Gasteiger partial charge in [-0.1, -0.05) is 48.5 Å². The van der Waals surface area contributed by atoms with Crippen molar-refractivity contribution in [3.05, 3.63) is 136 Å². The molecule has 0 spiro atoms. The van der Waals surface area contributed by atoms with Crippen LogP contribution in [0.4, 0.5) is 11.4 Å². The number of carbonyl (C=O) groups excluding carboxylic acids is 3. The highest BCUT2D eigenvalue weighted by Crippen LogP contribution is 2.24. The van der Waals surface area contributed by atoms with Gasteiger partial charge in [-0.15, -0.1) is 11.8 Å². The second kappa shape index (κ2) is 14.4. The molecule has 0 fully saturated rings. The molecule has 42 heavy (non-hydrogen) atoms. The van der Waals surface area contributed by atoms with Crippen LogP contribution in [-0.2, 0) is 4.79 Å². The summed E-state index contributed by atoms with van der Waals surface area (Å²) in [5.41, 5.74) is 1.67. The van der Waals surface area contributed by atoms with E-state index in [1.54, 1.807) is 84.9 Å². The van der Waals surface area contributed by atoms with Crippen LogP contribution in [0.5, 0.6) is 5.75 Å². The lowest BCUT2D eigenvalue weighted by molar-refractivity contribution is -0.384. The largest absolute Gasteiger partial charge is 0.494 e. The summed E-state index contributed by atoms with van der Waals surface area (Å²) in [6.45, 7) is 2.41. The van der Waals surface area contributed by atoms with Crippen molar-refractivity contribution in [2.45, 2.75) is 11.8 Å². The molecule has 0 aromatic heterocycles. The first kappa shape index (κ1) is 29.8. The van der Waals surface area contributed by atoms with E-state index in [9.17, 15) is 24.5 Å². The molecule has 0 heterocycles. The van der Waals surface area contributed by atoms with Gasteiger partial charge >= 0.3 is 0 Å². The summed E-state index contributed by atoms with van der Waals surface area (Å²) < 4.78 is 5.48. The highest BCUT2D eigenvalue weighted by Gasteiger charge is 2.16. The number of anilines is 1. The zero-order chi connectivity index (χ0) is 29.9. The second-order valence-electron chi connectivity index (χ2n) is 8.88. The molecular formula is C32H27N3O6S. The number of benzene rings is 4. The summed E-state index contributed by atoms with van der Waals surface area (Å²) in [4.78, 5) is 50.1. The van der Waals surface area contributed by atoms with Crippen molar-refractivity contribution in [3.8, 4) is 5.75 Å². The number of non-ortho nitro benzene ring substituents is 1. The number of nitro groups is 1. The Bertz CT molecular complexity index is 1620. The Hall–Kier alpha value is -5.22. The van der Waals surface area contributed by atoms with Crippen molar-refractivity contribution in [2.75, 3.05) is 17.7 Å². The van der Waals surface area contributed by atoms with Crippen molar-refractivity contribution < 1.29 is 24.0 Å². The Morgan fingerprint density at radius 2 is 1.60 bits per heavy atom. The standard InChI is InChI=1S/C32H27N3O6S/c1-2-41-27-16-14-22(15-17-27)18-29(34-31(37)23-8-4-3-5-9-23)32(38)33-25-11-7-13-28(20-25)42-21-30(36)24-10-6-12-26(19-24)35(39)40/h3-20H,2,21H2,1H3,(H,33,38)(H,34,37)/b29-18-. The summed E-state index contributed by atoms with van der Waals surface area (Å²) in [6.07, 6.45) is 1.57. The molecule has 0 aliphatic carbocycles. The number of nitro benzene ring substituents is 1. The molecule has 2 N–H and O–H groups in total. The minimum absolute atomic E-state index is 0.0342. The van der Waals surface area contributed by atoms with Gasteiger partial charge in [0.1, 0.15) is 11.4 Å². The van der Waals surface area contributed by atoms with Crippen LogP contribution < -0.4 is 15.4 Å². The lowest BCUT2D eigenvalue weighted by Crippen LogP contribution is -2.30. The molecule has 0 radical (unpaired) electrons. The highest BCUT2D eigenvalue weighted by molar-refractivity contribution is 8.00. The topological polar surface area (TPSA) is 128 Å². The molecular weight excluding hydrogens is 554 g/mol. The Morgan fingerprint density at radius 1 is 0.881 bits per heavy atom. The van der Waals surface area contributed by atoms with Crippen LogP contribution in [0.1, 0.15) is 33.2 Å². The Morgan fingerprint density at radius 3 is 2.31 bits per heavy atom. The monoisotopic (exact) mass is 581 g/mol. The molecule has 0 unspecified atom stereocenters. The summed E-state index contributed by atoms with van der Waals surface area (Å²) in [6, 6.07) is 28.2. The van der Waals surface area contributed by atoms with Crippen LogP contribution in [0.2, 0.25) is 0 Å². The predicted molar refractivity (Wildman–Crippen MR) is 163 cm³/mol. The van der Waals surface area contributed by atoms with Crippen LogP contribution in [0.3, 0.4) is 0 Å². The Balaban J connectivity index is 1.49. The summed E-state index contributed by atoms with van der Waals surface area (Å²) in [5.74, 6) is -0.501. The molecule has 0 saturated carbocycles. The van der Waals surface area contributed by atoms with Gasteiger partial charge < -0.3 is 15.4 Å². The molecule has 4 aromatic carbocycles. The fourth-order valence-electron chi connectivity index (χ4n) is 3.82. The molecule has 10 heteroatoms. The minimum atomic E-state index is -0.545. The molecule has 4 rings (SSSR count). The van der Waals surface area contributed by atoms with Gasteiger partial charge in [0.25, 0.3) is 17.5 Å². The minimum Gasteiger partial charge on any atom is -0.494 e. The molecule has 0 saturated heterocycles. The predicted octanol–water partition coefficient (Wildman–Crippen LogP) is 6.38. The van der Waals surface area contributed by atoms with E-state index in [-0.39, 0.29) is 28.5 Å². The fourth-order valence-corrected chi connectivity index (χ4v) is 4.67. The van der Waals surface area contributed by atoms with Gasteiger partial charge in [-0.3, -0.25) is 24.5 Å². The van der Waals surface area contributed by atoms with E-state index in [2.05, 4.69) is 10.6 Å². The molecule has 0 aliphatic heterocycles. The maximum absolute atomic E-state index is 13.4. The molecule has 4 aromatic rings. The van der Waals surface area contributed by atoms with Gasteiger partial charge in [-0.2, -0.15) is 0 Å². The van der Waals surface area contributed by atoms with Crippen LogP contribution in [0.25, 0.3) is 6.08 Å². The maximum Gasteiger partial charge on any atom is 0.272 e. The molecule has 212 valence electrons. The summed E-state index contributed by atoms with van der Waals surface area (Å²) in [5, 5.41) is 16.5. The maximum atomic E-state index is 13.4. The van der Waals surface area contributed by atoms with Gasteiger partial charge in [0.2, 0.25) is 0 Å². The quantitative estimate of drug-likeness (QED) is 0.0653. The van der Waals surface area contributed by atoms with E-state index in [0.29, 0.717) is 34.1 Å². The SMILES string of the molecule is CCOc1ccc(/C=C(\NC(=O)c2ccccc2)C(=O)Nc2cccc(SCC(=O)c3cccc([N+](=O)[O-])c3)c2)cc1. The first-order valence-electron chi connectivity index (χ1n) is 12.9. The van der Waals surface area contributed by atoms with Crippen molar-refractivity contribution in [1.82, 2.24) is 5.32 Å².